The van der Waals surface area contributed by atoms with Crippen LogP contribution in [-0.4, -0.2) is 28.1 Å². The first-order valence-electron chi connectivity index (χ1n) is 6.73. The lowest BCUT2D eigenvalue weighted by atomic mass is 10.1. The fourth-order valence-electron chi connectivity index (χ4n) is 1.71. The van der Waals surface area contributed by atoms with Gasteiger partial charge in [-0.15, -0.1) is 0 Å². The highest BCUT2D eigenvalue weighted by Gasteiger charge is 2.11. The van der Waals surface area contributed by atoms with Crippen molar-refractivity contribution in [3.05, 3.63) is 32.6 Å². The maximum absolute atomic E-state index is 11.9. The monoisotopic (exact) mass is 282 g/mol. The number of hydrogen-bond acceptors (Lipinski definition) is 4. The molecule has 0 aromatic carbocycles. The van der Waals surface area contributed by atoms with Crippen LogP contribution in [0.5, 0.6) is 0 Å². The molecular weight excluding hydrogens is 260 g/mol. The SMILES string of the molecule is CC(=O)c1cn(CCOCCC(C)C)c(=O)n(C)c1=O. The van der Waals surface area contributed by atoms with Crippen LogP contribution in [0, 0.1) is 5.92 Å². The minimum atomic E-state index is -0.556. The molecule has 0 fully saturated rings. The van der Waals surface area contributed by atoms with Gasteiger partial charge in [-0.1, -0.05) is 13.8 Å². The Morgan fingerprint density at radius 3 is 2.50 bits per heavy atom. The maximum atomic E-state index is 11.9. The summed E-state index contributed by atoms with van der Waals surface area (Å²) in [7, 11) is 1.37. The molecule has 1 rings (SSSR count). The van der Waals surface area contributed by atoms with Crippen LogP contribution in [0.2, 0.25) is 0 Å². The molecule has 1 aromatic heterocycles. The van der Waals surface area contributed by atoms with Crippen LogP contribution in [0.15, 0.2) is 15.8 Å². The van der Waals surface area contributed by atoms with Gasteiger partial charge in [0.1, 0.15) is 0 Å². The number of hydrogen-bond donors (Lipinski definition) is 0. The van der Waals surface area contributed by atoms with E-state index in [1.54, 1.807) is 0 Å². The smallest absolute Gasteiger partial charge is 0.330 e. The van der Waals surface area contributed by atoms with Gasteiger partial charge in [-0.05, 0) is 19.3 Å². The lowest BCUT2D eigenvalue weighted by molar-refractivity contribution is 0.101. The molecule has 0 aliphatic carbocycles. The number of aromatic nitrogens is 2. The number of ether oxygens (including phenoxy) is 1. The van der Waals surface area contributed by atoms with E-state index in [4.69, 9.17) is 4.74 Å². The lowest BCUT2D eigenvalue weighted by Crippen LogP contribution is -2.40. The third-order valence-corrected chi connectivity index (χ3v) is 3.05. The third kappa shape index (κ3) is 4.16. The molecule has 0 aliphatic heterocycles. The van der Waals surface area contributed by atoms with Gasteiger partial charge in [0.2, 0.25) is 0 Å². The fourth-order valence-corrected chi connectivity index (χ4v) is 1.71. The Morgan fingerprint density at radius 1 is 1.30 bits per heavy atom. The molecule has 0 atom stereocenters. The van der Waals surface area contributed by atoms with Crippen LogP contribution in [0.4, 0.5) is 0 Å². The van der Waals surface area contributed by atoms with Crippen molar-refractivity contribution in [3.63, 3.8) is 0 Å². The number of rotatable bonds is 7. The van der Waals surface area contributed by atoms with Gasteiger partial charge in [-0.2, -0.15) is 0 Å². The zero-order valence-electron chi connectivity index (χ0n) is 12.5. The first-order valence-corrected chi connectivity index (χ1v) is 6.73. The highest BCUT2D eigenvalue weighted by molar-refractivity contribution is 5.93. The molecule has 0 amide bonds. The summed E-state index contributed by atoms with van der Waals surface area (Å²) in [4.78, 5) is 35.0. The second-order valence-electron chi connectivity index (χ2n) is 5.23. The molecule has 0 saturated carbocycles. The summed E-state index contributed by atoms with van der Waals surface area (Å²) in [5.74, 6) is 0.222. The molecule has 0 N–H and O–H groups in total. The van der Waals surface area contributed by atoms with E-state index in [-0.39, 0.29) is 11.3 Å². The summed E-state index contributed by atoms with van der Waals surface area (Å²) in [6, 6.07) is 0. The summed E-state index contributed by atoms with van der Waals surface area (Å²) < 4.78 is 7.73. The quantitative estimate of drug-likeness (QED) is 0.548. The molecule has 0 aliphatic rings. The lowest BCUT2D eigenvalue weighted by Gasteiger charge is -2.10. The van der Waals surface area contributed by atoms with Crippen molar-refractivity contribution in [2.75, 3.05) is 13.2 Å². The average molecular weight is 282 g/mol. The number of Topliss-reactive ketones (excluding diaryl/α,β-unsaturated/α-hetero) is 1. The van der Waals surface area contributed by atoms with E-state index >= 15 is 0 Å². The number of carbonyl (C=O) groups is 1. The summed E-state index contributed by atoms with van der Waals surface area (Å²) in [5, 5.41) is 0. The normalized spacial score (nSPS) is 11.1. The minimum Gasteiger partial charge on any atom is -0.380 e. The first kappa shape index (κ1) is 16.4. The van der Waals surface area contributed by atoms with Crippen LogP contribution < -0.4 is 11.2 Å². The summed E-state index contributed by atoms with van der Waals surface area (Å²) in [6.45, 7) is 6.87. The molecule has 20 heavy (non-hydrogen) atoms. The second-order valence-corrected chi connectivity index (χ2v) is 5.23. The maximum Gasteiger partial charge on any atom is 0.330 e. The van der Waals surface area contributed by atoms with E-state index in [1.165, 1.54) is 24.7 Å². The van der Waals surface area contributed by atoms with Crippen molar-refractivity contribution in [1.82, 2.24) is 9.13 Å². The summed E-state index contributed by atoms with van der Waals surface area (Å²) >= 11 is 0. The molecule has 6 nitrogen and oxygen atoms in total. The zero-order chi connectivity index (χ0) is 15.3. The van der Waals surface area contributed by atoms with E-state index in [1.807, 2.05) is 0 Å². The third-order valence-electron chi connectivity index (χ3n) is 3.05. The molecule has 0 spiro atoms. The Bertz CT molecular complexity index is 584. The summed E-state index contributed by atoms with van der Waals surface area (Å²) in [5.41, 5.74) is -0.971. The highest BCUT2D eigenvalue weighted by Crippen LogP contribution is 1.99. The molecule has 6 heteroatoms. The highest BCUT2D eigenvalue weighted by atomic mass is 16.5. The van der Waals surface area contributed by atoms with Crippen molar-refractivity contribution in [1.29, 1.82) is 0 Å². The number of carbonyl (C=O) groups excluding carboxylic acids is 1. The van der Waals surface area contributed by atoms with Gasteiger partial charge in [0.25, 0.3) is 5.56 Å². The largest absolute Gasteiger partial charge is 0.380 e. The van der Waals surface area contributed by atoms with Gasteiger partial charge in [0.15, 0.2) is 5.78 Å². The summed E-state index contributed by atoms with van der Waals surface area (Å²) in [6.07, 6.45) is 2.28. The molecule has 112 valence electrons. The Kier molecular flexibility index (Phi) is 5.88. The molecule has 0 saturated heterocycles. The minimum absolute atomic E-state index is 0.0225. The van der Waals surface area contributed by atoms with E-state index < -0.39 is 11.2 Å². The van der Waals surface area contributed by atoms with Crippen LogP contribution in [-0.2, 0) is 18.3 Å². The average Bonchev–Trinajstić information content (AvgIpc) is 2.37. The Balaban J connectivity index is 2.78. The van der Waals surface area contributed by atoms with Gasteiger partial charge >= 0.3 is 5.69 Å². The fraction of sp³-hybridized carbons (Fsp3) is 0.643. The molecular formula is C14H22N2O4. The van der Waals surface area contributed by atoms with Crippen molar-refractivity contribution in [3.8, 4) is 0 Å². The van der Waals surface area contributed by atoms with E-state index in [0.717, 1.165) is 11.0 Å². The predicted molar refractivity (Wildman–Crippen MR) is 76.2 cm³/mol. The Labute approximate surface area is 118 Å². The van der Waals surface area contributed by atoms with Crippen molar-refractivity contribution in [2.45, 2.75) is 33.7 Å². The van der Waals surface area contributed by atoms with Gasteiger partial charge < -0.3 is 4.74 Å². The molecule has 1 aromatic rings. The molecule has 0 radical (unpaired) electrons. The van der Waals surface area contributed by atoms with Gasteiger partial charge in [-0.3, -0.25) is 18.7 Å². The molecule has 0 unspecified atom stereocenters. The zero-order valence-corrected chi connectivity index (χ0v) is 12.5. The number of ketones is 1. The van der Waals surface area contributed by atoms with Crippen LogP contribution in [0.1, 0.15) is 37.6 Å². The van der Waals surface area contributed by atoms with Crippen molar-refractivity contribution < 1.29 is 9.53 Å². The van der Waals surface area contributed by atoms with Gasteiger partial charge in [-0.25, -0.2) is 4.79 Å². The molecule has 0 bridgehead atoms. The van der Waals surface area contributed by atoms with E-state index in [2.05, 4.69) is 13.8 Å². The first-order chi connectivity index (χ1) is 9.34. The standard InChI is InChI=1S/C14H22N2O4/c1-10(2)5-7-20-8-6-16-9-12(11(3)17)13(18)15(4)14(16)19/h9-10H,5-8H2,1-4H3. The number of nitrogens with zero attached hydrogens (tertiary/aromatic N) is 2. The van der Waals surface area contributed by atoms with Crippen LogP contribution >= 0.6 is 0 Å². The van der Waals surface area contributed by atoms with Gasteiger partial charge in [0, 0.05) is 19.9 Å². The Hall–Kier alpha value is -1.69. The van der Waals surface area contributed by atoms with Crippen molar-refractivity contribution in [2.24, 2.45) is 13.0 Å². The van der Waals surface area contributed by atoms with Crippen molar-refractivity contribution >= 4 is 5.78 Å². The van der Waals surface area contributed by atoms with E-state index in [9.17, 15) is 14.4 Å². The van der Waals surface area contributed by atoms with Crippen LogP contribution in [0.3, 0.4) is 0 Å². The second kappa shape index (κ2) is 7.19. The van der Waals surface area contributed by atoms with Crippen LogP contribution in [0.25, 0.3) is 0 Å². The topological polar surface area (TPSA) is 70.3 Å². The van der Waals surface area contributed by atoms with E-state index in [0.29, 0.717) is 25.7 Å². The van der Waals surface area contributed by atoms with Gasteiger partial charge in [0.05, 0.1) is 18.7 Å². The Morgan fingerprint density at radius 2 is 1.95 bits per heavy atom. The predicted octanol–water partition coefficient (Wildman–Crippen LogP) is 0.812. The molecule has 1 heterocycles.